The van der Waals surface area contributed by atoms with Gasteiger partial charge in [0.2, 0.25) is 0 Å². The summed E-state index contributed by atoms with van der Waals surface area (Å²) in [5.74, 6) is 1.55. The Bertz CT molecular complexity index is 1210. The molecule has 1 aliphatic heterocycles. The average Bonchev–Trinajstić information content (AvgIpc) is 3.43. The molecule has 0 aromatic carbocycles. The van der Waals surface area contributed by atoms with Crippen LogP contribution in [0.2, 0.25) is 0 Å². The summed E-state index contributed by atoms with van der Waals surface area (Å²) in [6, 6.07) is 3.98. The van der Waals surface area contributed by atoms with Gasteiger partial charge >= 0.3 is 0 Å². The molecule has 1 saturated heterocycles. The second-order valence-corrected chi connectivity index (χ2v) is 10.3. The first-order chi connectivity index (χ1) is 16.5. The van der Waals surface area contributed by atoms with Gasteiger partial charge in [0.1, 0.15) is 11.6 Å². The quantitative estimate of drug-likeness (QED) is 0.726. The number of carbonyl (C=O) groups is 1. The van der Waals surface area contributed by atoms with Crippen molar-refractivity contribution in [2.24, 2.45) is 5.41 Å². The first kappa shape index (κ1) is 21.5. The standard InChI is InChI=1S/C26H32N6O2/c1-27-24(33)18-5-9-28-22(15-18)32-12-10-31(11-13-32)19-3-2-17(14-19)23-29-21-4-6-26(7-8-26)16-20(21)25(34)30-23/h5,9,14-15,19H,2-4,6-8,10-13,16H2,1H3,(H,27,33)(H,29,30,34). The Hall–Kier alpha value is -3.00. The summed E-state index contributed by atoms with van der Waals surface area (Å²) >= 11 is 0. The van der Waals surface area contributed by atoms with Crippen LogP contribution >= 0.6 is 0 Å². The summed E-state index contributed by atoms with van der Waals surface area (Å²) in [6.45, 7) is 3.63. The van der Waals surface area contributed by atoms with Gasteiger partial charge in [0, 0.05) is 56.6 Å². The molecule has 1 unspecified atom stereocenters. The van der Waals surface area contributed by atoms with Crippen LogP contribution in [0.4, 0.5) is 5.82 Å². The number of nitrogens with one attached hydrogen (secondary N) is 2. The van der Waals surface area contributed by atoms with Crippen LogP contribution in [0.1, 0.15) is 59.5 Å². The third-order valence-corrected chi connectivity index (χ3v) is 8.25. The van der Waals surface area contributed by atoms with E-state index in [4.69, 9.17) is 4.98 Å². The van der Waals surface area contributed by atoms with E-state index >= 15 is 0 Å². The van der Waals surface area contributed by atoms with Crippen LogP contribution in [-0.2, 0) is 12.8 Å². The van der Waals surface area contributed by atoms with E-state index in [1.54, 1.807) is 19.3 Å². The molecule has 1 spiro atoms. The van der Waals surface area contributed by atoms with Gasteiger partial charge in [-0.2, -0.15) is 0 Å². The Balaban J connectivity index is 1.12. The number of nitrogens with zero attached hydrogens (tertiary/aromatic N) is 4. The zero-order valence-corrected chi connectivity index (χ0v) is 19.8. The summed E-state index contributed by atoms with van der Waals surface area (Å²) in [4.78, 5) is 42.1. The number of hydrogen-bond acceptors (Lipinski definition) is 6. The van der Waals surface area contributed by atoms with Crippen molar-refractivity contribution in [3.05, 3.63) is 57.4 Å². The number of allylic oxidation sites excluding steroid dienone is 1. The zero-order valence-electron chi connectivity index (χ0n) is 19.8. The van der Waals surface area contributed by atoms with Crippen LogP contribution in [0.15, 0.2) is 29.2 Å². The molecule has 1 atom stereocenters. The largest absolute Gasteiger partial charge is 0.355 e. The van der Waals surface area contributed by atoms with Gasteiger partial charge in [-0.05, 0) is 68.1 Å². The first-order valence-corrected chi connectivity index (χ1v) is 12.5. The van der Waals surface area contributed by atoms with Crippen molar-refractivity contribution in [1.29, 1.82) is 0 Å². The number of fused-ring (bicyclic) bond motifs is 1. The van der Waals surface area contributed by atoms with E-state index < -0.39 is 0 Å². The number of aromatic nitrogens is 3. The van der Waals surface area contributed by atoms with E-state index in [0.29, 0.717) is 17.0 Å². The second kappa shape index (κ2) is 8.34. The van der Waals surface area contributed by atoms with Crippen LogP contribution < -0.4 is 15.8 Å². The number of hydrogen-bond donors (Lipinski definition) is 2. The van der Waals surface area contributed by atoms with Gasteiger partial charge in [0.05, 0.1) is 5.69 Å². The highest BCUT2D eigenvalue weighted by Crippen LogP contribution is 2.53. The maximum atomic E-state index is 12.8. The van der Waals surface area contributed by atoms with E-state index in [1.165, 1.54) is 24.8 Å². The number of piperazine rings is 1. The molecular formula is C26H32N6O2. The Kier molecular flexibility index (Phi) is 5.28. The summed E-state index contributed by atoms with van der Waals surface area (Å²) in [6.07, 6.45) is 11.6. The molecule has 2 aromatic rings. The van der Waals surface area contributed by atoms with E-state index in [-0.39, 0.29) is 11.5 Å². The number of amides is 1. The number of aryl methyl sites for hydroxylation is 1. The van der Waals surface area contributed by atoms with Crippen LogP contribution in [0.25, 0.3) is 5.57 Å². The van der Waals surface area contributed by atoms with E-state index in [9.17, 15) is 9.59 Å². The Morgan fingerprint density at radius 2 is 2.00 bits per heavy atom. The molecule has 2 fully saturated rings. The molecule has 3 aliphatic carbocycles. The zero-order chi connectivity index (χ0) is 23.3. The lowest BCUT2D eigenvalue weighted by Crippen LogP contribution is -2.49. The average molecular weight is 461 g/mol. The van der Waals surface area contributed by atoms with Gasteiger partial charge in [0.15, 0.2) is 0 Å². The van der Waals surface area contributed by atoms with Crippen LogP contribution in [0.3, 0.4) is 0 Å². The topological polar surface area (TPSA) is 94.2 Å². The van der Waals surface area contributed by atoms with Crippen molar-refractivity contribution < 1.29 is 4.79 Å². The lowest BCUT2D eigenvalue weighted by molar-refractivity contribution is 0.0963. The van der Waals surface area contributed by atoms with Gasteiger partial charge < -0.3 is 15.2 Å². The van der Waals surface area contributed by atoms with Gasteiger partial charge in [-0.25, -0.2) is 9.97 Å². The molecule has 8 heteroatoms. The minimum Gasteiger partial charge on any atom is -0.355 e. The predicted molar refractivity (Wildman–Crippen MR) is 131 cm³/mol. The molecule has 1 saturated carbocycles. The third kappa shape index (κ3) is 3.94. The number of pyridine rings is 1. The molecule has 178 valence electrons. The molecular weight excluding hydrogens is 428 g/mol. The molecule has 1 amide bonds. The smallest absolute Gasteiger partial charge is 0.254 e. The molecule has 4 aliphatic rings. The maximum Gasteiger partial charge on any atom is 0.254 e. The number of H-pyrrole nitrogens is 1. The SMILES string of the molecule is CNC(=O)c1ccnc(N2CCN(C3C=C(c4nc5c(c(=O)[nH]4)CC4(CC5)CC4)CC3)CC2)c1. The highest BCUT2D eigenvalue weighted by molar-refractivity contribution is 5.94. The van der Waals surface area contributed by atoms with E-state index in [0.717, 1.165) is 74.8 Å². The fourth-order valence-corrected chi connectivity index (χ4v) is 5.88. The maximum absolute atomic E-state index is 12.8. The second-order valence-electron chi connectivity index (χ2n) is 10.3. The molecule has 0 bridgehead atoms. The van der Waals surface area contributed by atoms with Crippen molar-refractivity contribution in [2.45, 2.75) is 51.0 Å². The lowest BCUT2D eigenvalue weighted by atomic mass is 9.84. The molecule has 2 N–H and O–H groups in total. The summed E-state index contributed by atoms with van der Waals surface area (Å²) in [7, 11) is 1.64. The van der Waals surface area contributed by atoms with Crippen molar-refractivity contribution in [3.63, 3.8) is 0 Å². The van der Waals surface area contributed by atoms with Crippen LogP contribution in [0, 0.1) is 5.41 Å². The Morgan fingerprint density at radius 3 is 2.76 bits per heavy atom. The number of carbonyl (C=O) groups excluding carboxylic acids is 1. The number of aromatic amines is 1. The van der Waals surface area contributed by atoms with Gasteiger partial charge in [-0.15, -0.1) is 0 Å². The monoisotopic (exact) mass is 460 g/mol. The van der Waals surface area contributed by atoms with Crippen molar-refractivity contribution in [2.75, 3.05) is 38.1 Å². The fourth-order valence-electron chi connectivity index (χ4n) is 5.88. The molecule has 34 heavy (non-hydrogen) atoms. The van der Waals surface area contributed by atoms with Gasteiger partial charge in [-0.1, -0.05) is 6.08 Å². The molecule has 0 radical (unpaired) electrons. The summed E-state index contributed by atoms with van der Waals surface area (Å²) in [5.41, 5.74) is 4.28. The number of anilines is 1. The highest BCUT2D eigenvalue weighted by Gasteiger charge is 2.45. The van der Waals surface area contributed by atoms with Gasteiger partial charge in [0.25, 0.3) is 11.5 Å². The molecule has 3 heterocycles. The minimum absolute atomic E-state index is 0.0791. The Labute approximate surface area is 199 Å². The summed E-state index contributed by atoms with van der Waals surface area (Å²) in [5, 5.41) is 2.67. The highest BCUT2D eigenvalue weighted by atomic mass is 16.1. The lowest BCUT2D eigenvalue weighted by Gasteiger charge is -2.38. The van der Waals surface area contributed by atoms with E-state index in [1.807, 2.05) is 6.07 Å². The van der Waals surface area contributed by atoms with Crippen molar-refractivity contribution in [3.8, 4) is 0 Å². The van der Waals surface area contributed by atoms with Crippen molar-refractivity contribution >= 4 is 17.3 Å². The Morgan fingerprint density at radius 1 is 1.18 bits per heavy atom. The van der Waals surface area contributed by atoms with Crippen molar-refractivity contribution in [1.82, 2.24) is 25.2 Å². The normalized spacial score (nSPS) is 23.5. The molecule has 8 nitrogen and oxygen atoms in total. The van der Waals surface area contributed by atoms with Crippen LogP contribution in [0.5, 0.6) is 0 Å². The number of rotatable bonds is 4. The molecule has 6 rings (SSSR count). The van der Waals surface area contributed by atoms with Crippen LogP contribution in [-0.4, -0.2) is 65.0 Å². The minimum atomic E-state index is -0.0909. The fraction of sp³-hybridized carbons (Fsp3) is 0.538. The summed E-state index contributed by atoms with van der Waals surface area (Å²) < 4.78 is 0. The van der Waals surface area contributed by atoms with E-state index in [2.05, 4.69) is 31.2 Å². The van der Waals surface area contributed by atoms with Gasteiger partial charge in [-0.3, -0.25) is 14.5 Å². The first-order valence-electron chi connectivity index (χ1n) is 12.5. The predicted octanol–water partition coefficient (Wildman–Crippen LogP) is 2.16. The third-order valence-electron chi connectivity index (χ3n) is 8.25. The molecule has 2 aromatic heterocycles.